The van der Waals surface area contributed by atoms with Gasteiger partial charge in [-0.25, -0.2) is 9.37 Å². The zero-order valence-corrected chi connectivity index (χ0v) is 19.5. The minimum absolute atomic E-state index is 0.180. The van der Waals surface area contributed by atoms with E-state index in [-0.39, 0.29) is 18.3 Å². The van der Waals surface area contributed by atoms with Gasteiger partial charge in [0.25, 0.3) is 5.91 Å². The van der Waals surface area contributed by atoms with Crippen LogP contribution >= 0.6 is 0 Å². The van der Waals surface area contributed by atoms with Crippen LogP contribution in [0, 0.1) is 12.7 Å². The lowest BCUT2D eigenvalue weighted by Crippen LogP contribution is -2.34. The summed E-state index contributed by atoms with van der Waals surface area (Å²) < 4.78 is 21.1. The number of amides is 1. The standard InChI is InChI=1S/C28H25FN4O2/c1-19-8-14-23(15-9-19)30-27-25(20-10-12-22(29)13-11-20)31-24-18-32(16-17-33(24)27)28(34)26(35-2)21-6-4-3-5-7-21/h3-17,26,30H,18H2,1-2H3. The smallest absolute Gasteiger partial charge is 0.260 e. The fraction of sp³-hybridized carbons (Fsp3) is 0.143. The Bertz CT molecular complexity index is 1360. The Labute approximate surface area is 203 Å². The Morgan fingerprint density at radius 3 is 2.40 bits per heavy atom. The van der Waals surface area contributed by atoms with Crippen LogP contribution in [0.4, 0.5) is 15.9 Å². The van der Waals surface area contributed by atoms with E-state index in [1.165, 1.54) is 19.2 Å². The van der Waals surface area contributed by atoms with Crippen LogP contribution < -0.4 is 5.32 Å². The Hall–Kier alpha value is -4.23. The van der Waals surface area contributed by atoms with E-state index in [0.717, 1.165) is 28.2 Å². The number of methoxy groups -OCH3 is 1. The van der Waals surface area contributed by atoms with Crippen LogP contribution in [0.25, 0.3) is 17.5 Å². The third-order valence-corrected chi connectivity index (χ3v) is 5.97. The number of aryl methyl sites for hydroxylation is 1. The van der Waals surface area contributed by atoms with E-state index in [1.54, 1.807) is 23.2 Å². The van der Waals surface area contributed by atoms with Crippen molar-refractivity contribution in [1.29, 1.82) is 0 Å². The van der Waals surface area contributed by atoms with Crippen molar-refractivity contribution in [3.8, 4) is 11.3 Å². The van der Waals surface area contributed by atoms with E-state index in [4.69, 9.17) is 9.72 Å². The molecule has 0 saturated heterocycles. The van der Waals surface area contributed by atoms with Crippen LogP contribution in [0.1, 0.15) is 23.1 Å². The second-order valence-corrected chi connectivity index (χ2v) is 8.38. The van der Waals surface area contributed by atoms with Crippen molar-refractivity contribution in [3.63, 3.8) is 0 Å². The first-order valence-electron chi connectivity index (χ1n) is 11.3. The number of fused-ring (bicyclic) bond motifs is 1. The Morgan fingerprint density at radius 2 is 1.71 bits per heavy atom. The van der Waals surface area contributed by atoms with E-state index >= 15 is 0 Å². The van der Waals surface area contributed by atoms with Gasteiger partial charge in [0.1, 0.15) is 23.2 Å². The topological polar surface area (TPSA) is 59.4 Å². The zero-order chi connectivity index (χ0) is 24.4. The van der Waals surface area contributed by atoms with Crippen LogP contribution in [0.5, 0.6) is 0 Å². The summed E-state index contributed by atoms with van der Waals surface area (Å²) in [5.74, 6) is 0.928. The summed E-state index contributed by atoms with van der Waals surface area (Å²) >= 11 is 0. The van der Waals surface area contributed by atoms with E-state index < -0.39 is 6.10 Å². The molecule has 0 fully saturated rings. The van der Waals surface area contributed by atoms with Gasteiger partial charge in [-0.15, -0.1) is 0 Å². The number of carbonyl (C=O) groups is 1. The van der Waals surface area contributed by atoms with Crippen molar-refractivity contribution >= 4 is 23.6 Å². The molecule has 1 amide bonds. The number of anilines is 2. The highest BCUT2D eigenvalue weighted by Crippen LogP contribution is 2.34. The molecular weight excluding hydrogens is 443 g/mol. The van der Waals surface area contributed by atoms with Gasteiger partial charge in [-0.1, -0.05) is 48.0 Å². The Balaban J connectivity index is 1.50. The molecule has 2 heterocycles. The van der Waals surface area contributed by atoms with Crippen molar-refractivity contribution in [2.75, 3.05) is 12.4 Å². The molecule has 3 aromatic carbocycles. The summed E-state index contributed by atoms with van der Waals surface area (Å²) in [7, 11) is 1.53. The number of nitrogens with zero attached hydrogens (tertiary/aromatic N) is 3. The lowest BCUT2D eigenvalue weighted by molar-refractivity contribution is -0.140. The summed E-state index contributed by atoms with van der Waals surface area (Å²) in [6.07, 6.45) is 2.83. The highest BCUT2D eigenvalue weighted by atomic mass is 19.1. The van der Waals surface area contributed by atoms with Crippen molar-refractivity contribution in [3.05, 3.63) is 108 Å². The maximum Gasteiger partial charge on any atom is 0.260 e. The fourth-order valence-electron chi connectivity index (χ4n) is 4.11. The Morgan fingerprint density at radius 1 is 1.00 bits per heavy atom. The summed E-state index contributed by atoms with van der Waals surface area (Å²) in [5.41, 5.74) is 4.29. The maximum absolute atomic E-state index is 13.6. The molecule has 35 heavy (non-hydrogen) atoms. The minimum atomic E-state index is -0.718. The molecule has 176 valence electrons. The summed E-state index contributed by atoms with van der Waals surface area (Å²) in [4.78, 5) is 19.8. The molecule has 1 unspecified atom stereocenters. The molecule has 7 heteroatoms. The number of carbonyl (C=O) groups excluding carboxylic acids is 1. The highest BCUT2D eigenvalue weighted by Gasteiger charge is 2.29. The van der Waals surface area contributed by atoms with E-state index in [2.05, 4.69) is 5.32 Å². The van der Waals surface area contributed by atoms with Gasteiger partial charge in [0.2, 0.25) is 0 Å². The van der Waals surface area contributed by atoms with Crippen LogP contribution in [-0.2, 0) is 16.1 Å². The quantitative estimate of drug-likeness (QED) is 0.383. The van der Waals surface area contributed by atoms with Gasteiger partial charge in [-0.3, -0.25) is 9.36 Å². The predicted molar refractivity (Wildman–Crippen MR) is 134 cm³/mol. The van der Waals surface area contributed by atoms with Crippen molar-refractivity contribution < 1.29 is 13.9 Å². The summed E-state index contributed by atoms with van der Waals surface area (Å²) in [5, 5.41) is 3.45. The van der Waals surface area contributed by atoms with Gasteiger partial charge < -0.3 is 15.0 Å². The number of imidazole rings is 1. The van der Waals surface area contributed by atoms with E-state index in [9.17, 15) is 9.18 Å². The van der Waals surface area contributed by atoms with Gasteiger partial charge in [0.15, 0.2) is 6.10 Å². The van der Waals surface area contributed by atoms with Crippen molar-refractivity contribution in [2.24, 2.45) is 0 Å². The van der Waals surface area contributed by atoms with Gasteiger partial charge in [0, 0.05) is 30.8 Å². The van der Waals surface area contributed by atoms with Gasteiger partial charge in [-0.05, 0) is 48.9 Å². The molecule has 0 aliphatic carbocycles. The number of hydrogen-bond acceptors (Lipinski definition) is 4. The molecule has 1 atom stereocenters. The molecule has 1 aliphatic heterocycles. The minimum Gasteiger partial charge on any atom is -0.367 e. The molecule has 1 N–H and O–H groups in total. The van der Waals surface area contributed by atoms with Crippen molar-refractivity contribution in [2.45, 2.75) is 19.6 Å². The lowest BCUT2D eigenvalue weighted by Gasteiger charge is -2.26. The van der Waals surface area contributed by atoms with Gasteiger partial charge in [-0.2, -0.15) is 0 Å². The average molecular weight is 469 g/mol. The molecular formula is C28H25FN4O2. The summed E-state index contributed by atoms with van der Waals surface area (Å²) in [6.45, 7) is 2.30. The molecule has 0 spiro atoms. The number of nitrogens with one attached hydrogen (secondary N) is 1. The predicted octanol–water partition coefficient (Wildman–Crippen LogP) is 5.90. The first-order valence-corrected chi connectivity index (χ1v) is 11.3. The van der Waals surface area contributed by atoms with Crippen LogP contribution in [0.3, 0.4) is 0 Å². The number of rotatable bonds is 6. The lowest BCUT2D eigenvalue weighted by atomic mass is 10.1. The first-order chi connectivity index (χ1) is 17.0. The molecule has 5 rings (SSSR count). The molecule has 4 aromatic rings. The van der Waals surface area contributed by atoms with E-state index in [0.29, 0.717) is 11.5 Å². The maximum atomic E-state index is 13.6. The van der Waals surface area contributed by atoms with Crippen molar-refractivity contribution in [1.82, 2.24) is 14.5 Å². The second kappa shape index (κ2) is 9.56. The van der Waals surface area contributed by atoms with E-state index in [1.807, 2.05) is 72.3 Å². The van der Waals surface area contributed by atoms with Crippen LogP contribution in [0.2, 0.25) is 0 Å². The SMILES string of the molecule is COC(C(=O)N1C=Cn2c(nc(-c3ccc(F)cc3)c2Nc2ccc(C)cc2)C1)c1ccccc1. The molecule has 1 aromatic heterocycles. The normalized spacial score (nSPS) is 13.4. The third-order valence-electron chi connectivity index (χ3n) is 5.97. The van der Waals surface area contributed by atoms with Gasteiger partial charge >= 0.3 is 0 Å². The molecule has 0 bridgehead atoms. The van der Waals surface area contributed by atoms with Crippen LogP contribution in [0.15, 0.2) is 85.1 Å². The first kappa shape index (κ1) is 22.6. The fourth-order valence-corrected chi connectivity index (χ4v) is 4.11. The van der Waals surface area contributed by atoms with Crippen LogP contribution in [-0.4, -0.2) is 27.5 Å². The highest BCUT2D eigenvalue weighted by molar-refractivity contribution is 5.85. The number of halogens is 1. The summed E-state index contributed by atoms with van der Waals surface area (Å²) in [6, 6.07) is 23.7. The largest absolute Gasteiger partial charge is 0.367 e. The molecule has 1 aliphatic rings. The molecule has 6 nitrogen and oxygen atoms in total. The number of ether oxygens (including phenoxy) is 1. The number of aromatic nitrogens is 2. The number of benzene rings is 3. The second-order valence-electron chi connectivity index (χ2n) is 8.38. The Kier molecular flexibility index (Phi) is 6.16. The third kappa shape index (κ3) is 4.58. The average Bonchev–Trinajstić information content (AvgIpc) is 3.24. The zero-order valence-electron chi connectivity index (χ0n) is 19.5. The monoisotopic (exact) mass is 468 g/mol. The molecule has 0 radical (unpaired) electrons. The number of hydrogen-bond donors (Lipinski definition) is 1. The molecule has 0 saturated carbocycles. The van der Waals surface area contributed by atoms with Gasteiger partial charge in [0.05, 0.1) is 6.54 Å².